The van der Waals surface area contributed by atoms with Crippen LogP contribution in [0.25, 0.3) is 0 Å². The molecule has 1 aliphatic carbocycles. The van der Waals surface area contributed by atoms with E-state index in [1.54, 1.807) is 0 Å². The summed E-state index contributed by atoms with van der Waals surface area (Å²) >= 11 is 0. The van der Waals surface area contributed by atoms with E-state index in [1.165, 1.54) is 0 Å². The zero-order chi connectivity index (χ0) is 11.0. The molecule has 0 heterocycles. The average Bonchev–Trinajstić information content (AvgIpc) is 2.02. The van der Waals surface area contributed by atoms with Crippen LogP contribution in [0.2, 0.25) is 0 Å². The van der Waals surface area contributed by atoms with Gasteiger partial charge in [-0.25, -0.2) is 0 Å². The predicted molar refractivity (Wildman–Crippen MR) is 62.8 cm³/mol. The van der Waals surface area contributed by atoms with Crippen molar-refractivity contribution in [2.75, 3.05) is 0 Å². The monoisotopic (exact) mass is 193 g/mol. The van der Waals surface area contributed by atoms with E-state index in [1.807, 2.05) is 0 Å². The van der Waals surface area contributed by atoms with Crippen LogP contribution in [0.15, 0.2) is 23.9 Å². The van der Waals surface area contributed by atoms with Gasteiger partial charge in [0.05, 0.1) is 0 Å². The van der Waals surface area contributed by atoms with Crippen LogP contribution in [0.3, 0.4) is 0 Å². The smallest absolute Gasteiger partial charge is 0.0270 e. The van der Waals surface area contributed by atoms with Crippen LogP contribution in [0.5, 0.6) is 0 Å². The molecular formula is C13H23N. The highest BCUT2D eigenvalue weighted by molar-refractivity contribution is 5.26. The maximum atomic E-state index is 5.77. The van der Waals surface area contributed by atoms with Crippen molar-refractivity contribution in [3.8, 4) is 0 Å². The first kappa shape index (κ1) is 11.4. The molecule has 1 nitrogen and oxygen atoms in total. The molecule has 0 radical (unpaired) electrons. The van der Waals surface area contributed by atoms with Crippen LogP contribution < -0.4 is 5.73 Å². The normalized spacial score (nSPS) is 28.0. The maximum Gasteiger partial charge on any atom is 0.0270 e. The molecular weight excluding hydrogens is 170 g/mol. The fourth-order valence-electron chi connectivity index (χ4n) is 2.52. The van der Waals surface area contributed by atoms with Crippen LogP contribution in [-0.4, -0.2) is 0 Å². The van der Waals surface area contributed by atoms with Gasteiger partial charge in [0.2, 0.25) is 0 Å². The highest BCUT2D eigenvalue weighted by Gasteiger charge is 2.42. The van der Waals surface area contributed by atoms with Gasteiger partial charge in [0, 0.05) is 5.70 Å². The van der Waals surface area contributed by atoms with Gasteiger partial charge in [-0.2, -0.15) is 0 Å². The summed E-state index contributed by atoms with van der Waals surface area (Å²) in [5.74, 6) is 0.642. The summed E-state index contributed by atoms with van der Waals surface area (Å²) < 4.78 is 0. The number of rotatable bonds is 1. The summed E-state index contributed by atoms with van der Waals surface area (Å²) in [5, 5.41) is 0. The minimum atomic E-state index is 0.260. The van der Waals surface area contributed by atoms with Crippen LogP contribution in [0.4, 0.5) is 0 Å². The van der Waals surface area contributed by atoms with Gasteiger partial charge in [-0.3, -0.25) is 0 Å². The van der Waals surface area contributed by atoms with Gasteiger partial charge in [-0.15, -0.1) is 0 Å². The summed E-state index contributed by atoms with van der Waals surface area (Å²) in [4.78, 5) is 0. The summed E-state index contributed by atoms with van der Waals surface area (Å²) in [7, 11) is 0. The first-order valence-corrected chi connectivity index (χ1v) is 5.44. The van der Waals surface area contributed by atoms with Crippen molar-refractivity contribution < 1.29 is 0 Å². The molecule has 1 rings (SSSR count). The minimum Gasteiger partial charge on any atom is -0.399 e. The Morgan fingerprint density at radius 3 is 2.21 bits per heavy atom. The molecule has 2 N–H and O–H groups in total. The van der Waals surface area contributed by atoms with Crippen molar-refractivity contribution in [3.63, 3.8) is 0 Å². The van der Waals surface area contributed by atoms with Crippen LogP contribution in [0, 0.1) is 16.7 Å². The SMILES string of the molecule is CC(C)C1(C(C)(C)C)C=CC(N)=CC1. The van der Waals surface area contributed by atoms with Gasteiger partial charge in [0.25, 0.3) is 0 Å². The Hall–Kier alpha value is -0.720. The van der Waals surface area contributed by atoms with Gasteiger partial charge in [-0.05, 0) is 29.2 Å². The highest BCUT2D eigenvalue weighted by atomic mass is 14.6. The van der Waals surface area contributed by atoms with Crippen molar-refractivity contribution in [2.45, 2.75) is 41.0 Å². The second-order valence-electron chi connectivity index (χ2n) is 5.69. The molecule has 0 aromatic heterocycles. The standard InChI is InChI=1S/C13H23N/c1-10(2)13(12(3,4)5)8-6-11(14)7-9-13/h6-8,10H,9,14H2,1-5H3. The summed E-state index contributed by atoms with van der Waals surface area (Å²) in [5.41, 5.74) is 7.23. The molecule has 0 saturated heterocycles. The predicted octanol–water partition coefficient (Wildman–Crippen LogP) is 3.48. The van der Waals surface area contributed by atoms with Gasteiger partial charge in [-0.1, -0.05) is 46.8 Å². The van der Waals surface area contributed by atoms with E-state index in [0.717, 1.165) is 12.1 Å². The topological polar surface area (TPSA) is 26.0 Å². The third kappa shape index (κ3) is 1.73. The molecule has 0 fully saturated rings. The van der Waals surface area contributed by atoms with E-state index >= 15 is 0 Å². The quantitative estimate of drug-likeness (QED) is 0.678. The van der Waals surface area contributed by atoms with E-state index < -0.39 is 0 Å². The Bertz CT molecular complexity index is 265. The lowest BCUT2D eigenvalue weighted by Gasteiger charge is -2.47. The Labute approximate surface area is 88.1 Å². The van der Waals surface area contributed by atoms with Crippen molar-refractivity contribution in [1.82, 2.24) is 0 Å². The van der Waals surface area contributed by atoms with Crippen molar-refractivity contribution in [1.29, 1.82) is 0 Å². The molecule has 0 spiro atoms. The molecule has 0 bridgehead atoms. The second-order valence-corrected chi connectivity index (χ2v) is 5.69. The fraction of sp³-hybridized carbons (Fsp3) is 0.692. The number of allylic oxidation sites excluding steroid dienone is 3. The number of nitrogens with two attached hydrogens (primary N) is 1. The first-order chi connectivity index (χ1) is 6.29. The molecule has 1 unspecified atom stereocenters. The minimum absolute atomic E-state index is 0.260. The van der Waals surface area contributed by atoms with Crippen molar-refractivity contribution >= 4 is 0 Å². The van der Waals surface area contributed by atoms with E-state index in [4.69, 9.17) is 5.73 Å². The molecule has 0 saturated carbocycles. The van der Waals surface area contributed by atoms with E-state index in [0.29, 0.717) is 5.92 Å². The molecule has 0 aliphatic heterocycles. The molecule has 0 aromatic rings. The van der Waals surface area contributed by atoms with E-state index in [-0.39, 0.29) is 10.8 Å². The third-order valence-electron chi connectivity index (χ3n) is 3.68. The number of hydrogen-bond donors (Lipinski definition) is 1. The summed E-state index contributed by atoms with van der Waals surface area (Å²) in [6.45, 7) is 11.5. The van der Waals surface area contributed by atoms with Gasteiger partial charge in [0.15, 0.2) is 0 Å². The Balaban J connectivity index is 3.05. The van der Waals surface area contributed by atoms with Crippen LogP contribution in [-0.2, 0) is 0 Å². The molecule has 1 aliphatic rings. The van der Waals surface area contributed by atoms with Gasteiger partial charge >= 0.3 is 0 Å². The second kappa shape index (κ2) is 3.45. The molecule has 80 valence electrons. The largest absolute Gasteiger partial charge is 0.399 e. The molecule has 1 heteroatoms. The zero-order valence-corrected chi connectivity index (χ0v) is 10.1. The average molecular weight is 193 g/mol. The Morgan fingerprint density at radius 1 is 1.36 bits per heavy atom. The molecule has 0 amide bonds. The van der Waals surface area contributed by atoms with Crippen molar-refractivity contribution in [3.05, 3.63) is 23.9 Å². The highest BCUT2D eigenvalue weighted by Crippen LogP contribution is 2.50. The lowest BCUT2D eigenvalue weighted by Crippen LogP contribution is -2.39. The molecule has 0 aromatic carbocycles. The van der Waals surface area contributed by atoms with E-state index in [9.17, 15) is 0 Å². The summed E-state index contributed by atoms with van der Waals surface area (Å²) in [6, 6.07) is 0. The Morgan fingerprint density at radius 2 is 1.93 bits per heavy atom. The fourth-order valence-corrected chi connectivity index (χ4v) is 2.52. The lowest BCUT2D eigenvalue weighted by molar-refractivity contribution is 0.0872. The molecule has 1 atom stereocenters. The summed E-state index contributed by atoms with van der Waals surface area (Å²) in [6.07, 6.45) is 7.60. The Kier molecular flexibility index (Phi) is 2.80. The van der Waals surface area contributed by atoms with Gasteiger partial charge < -0.3 is 5.73 Å². The van der Waals surface area contributed by atoms with Crippen molar-refractivity contribution in [2.24, 2.45) is 22.5 Å². The van der Waals surface area contributed by atoms with Crippen LogP contribution >= 0.6 is 0 Å². The van der Waals surface area contributed by atoms with Crippen LogP contribution in [0.1, 0.15) is 41.0 Å². The van der Waals surface area contributed by atoms with E-state index in [2.05, 4.69) is 52.8 Å². The molecule has 14 heavy (non-hydrogen) atoms. The van der Waals surface area contributed by atoms with Gasteiger partial charge in [0.1, 0.15) is 0 Å². The maximum absolute atomic E-state index is 5.77. The lowest BCUT2D eigenvalue weighted by atomic mass is 9.58. The first-order valence-electron chi connectivity index (χ1n) is 5.44. The third-order valence-corrected chi connectivity index (χ3v) is 3.68. The zero-order valence-electron chi connectivity index (χ0n) is 10.1. The number of hydrogen-bond acceptors (Lipinski definition) is 1.